The number of anilines is 1. The summed E-state index contributed by atoms with van der Waals surface area (Å²) in [5.74, 6) is 0. The first-order chi connectivity index (χ1) is 7.11. The van der Waals surface area contributed by atoms with Crippen molar-refractivity contribution in [3.63, 3.8) is 0 Å². The highest BCUT2D eigenvalue weighted by atomic mass is 35.5. The van der Waals surface area contributed by atoms with Crippen LogP contribution in [0.3, 0.4) is 0 Å². The van der Waals surface area contributed by atoms with E-state index in [9.17, 15) is 4.79 Å². The Morgan fingerprint density at radius 3 is 2.53 bits per heavy atom. The summed E-state index contributed by atoms with van der Waals surface area (Å²) in [6.07, 6.45) is -0.617. The third-order valence-electron chi connectivity index (χ3n) is 1.91. The zero-order chi connectivity index (χ0) is 11.4. The van der Waals surface area contributed by atoms with Crippen molar-refractivity contribution >= 4 is 23.4 Å². The van der Waals surface area contributed by atoms with E-state index in [-0.39, 0.29) is 0 Å². The Labute approximate surface area is 93.3 Å². The molecule has 0 aliphatic carbocycles. The molecule has 0 heterocycles. The molecule has 0 atom stereocenters. The molecule has 0 bridgehead atoms. The maximum atomic E-state index is 11.4. The number of hydrogen-bond donors (Lipinski definition) is 0. The summed E-state index contributed by atoms with van der Waals surface area (Å²) in [4.78, 5) is 16.3. The average Bonchev–Trinajstić information content (AvgIpc) is 2.22. The van der Waals surface area contributed by atoms with Gasteiger partial charge in [-0.05, 0) is 18.6 Å². The third kappa shape index (κ3) is 2.40. The molecule has 0 unspecified atom stereocenters. The van der Waals surface area contributed by atoms with Gasteiger partial charge in [-0.2, -0.15) is 5.06 Å². The van der Waals surface area contributed by atoms with Gasteiger partial charge in [-0.25, -0.2) is 4.79 Å². The molecule has 0 aliphatic heterocycles. The Morgan fingerprint density at radius 2 is 2.07 bits per heavy atom. The van der Waals surface area contributed by atoms with Crippen molar-refractivity contribution in [2.24, 2.45) is 0 Å². The number of aryl methyl sites for hydroxylation is 1. The number of rotatable bonds is 2. The minimum absolute atomic E-state index is 0.433. The molecule has 1 aromatic carbocycles. The normalized spacial score (nSPS) is 9.87. The molecular formula is C10H12ClNO3. The molecule has 0 fully saturated rings. The molecule has 1 aromatic rings. The minimum atomic E-state index is -0.617. The molecule has 5 heteroatoms. The highest BCUT2D eigenvalue weighted by molar-refractivity contribution is 6.33. The lowest BCUT2D eigenvalue weighted by Crippen LogP contribution is -2.30. The van der Waals surface area contributed by atoms with Gasteiger partial charge in [0.2, 0.25) is 0 Å². The number of carbonyl (C=O) groups is 1. The van der Waals surface area contributed by atoms with Crippen LogP contribution in [0.15, 0.2) is 18.2 Å². The lowest BCUT2D eigenvalue weighted by atomic mass is 10.2. The second kappa shape index (κ2) is 5.00. The van der Waals surface area contributed by atoms with Crippen LogP contribution in [-0.2, 0) is 9.57 Å². The van der Waals surface area contributed by atoms with Crippen LogP contribution in [0.25, 0.3) is 0 Å². The van der Waals surface area contributed by atoms with Gasteiger partial charge in [-0.1, -0.05) is 23.7 Å². The molecule has 0 saturated carbocycles. The largest absolute Gasteiger partial charge is 0.451 e. The van der Waals surface area contributed by atoms with Gasteiger partial charge in [-0.15, -0.1) is 0 Å². The van der Waals surface area contributed by atoms with Crippen molar-refractivity contribution in [2.75, 3.05) is 19.3 Å². The summed E-state index contributed by atoms with van der Waals surface area (Å²) in [5, 5.41) is 1.44. The van der Waals surface area contributed by atoms with E-state index in [1.807, 2.05) is 13.0 Å². The molecule has 15 heavy (non-hydrogen) atoms. The van der Waals surface area contributed by atoms with Gasteiger partial charge in [0.25, 0.3) is 0 Å². The summed E-state index contributed by atoms with van der Waals surface area (Å²) in [7, 11) is 2.65. The Balaban J connectivity index is 3.17. The molecule has 1 amide bonds. The number of halogens is 1. The van der Waals surface area contributed by atoms with Gasteiger partial charge in [0, 0.05) is 0 Å². The van der Waals surface area contributed by atoms with Crippen molar-refractivity contribution in [2.45, 2.75) is 6.92 Å². The van der Waals surface area contributed by atoms with E-state index in [1.165, 1.54) is 14.2 Å². The number of hydrogen-bond acceptors (Lipinski definition) is 3. The first-order valence-corrected chi connectivity index (χ1v) is 4.67. The van der Waals surface area contributed by atoms with Crippen LogP contribution in [0.5, 0.6) is 0 Å². The molecule has 0 aromatic heterocycles. The number of benzene rings is 1. The second-order valence-electron chi connectivity index (χ2n) is 2.85. The topological polar surface area (TPSA) is 38.8 Å². The Kier molecular flexibility index (Phi) is 3.94. The van der Waals surface area contributed by atoms with Crippen molar-refractivity contribution in [3.8, 4) is 0 Å². The third-order valence-corrected chi connectivity index (χ3v) is 2.22. The van der Waals surface area contributed by atoms with Crippen LogP contribution < -0.4 is 5.06 Å². The molecule has 0 saturated heterocycles. The van der Waals surface area contributed by atoms with E-state index in [4.69, 9.17) is 16.4 Å². The van der Waals surface area contributed by atoms with Crippen molar-refractivity contribution in [1.82, 2.24) is 0 Å². The number of ether oxygens (including phenoxy) is 1. The van der Waals surface area contributed by atoms with E-state index in [2.05, 4.69) is 4.74 Å². The number of para-hydroxylation sites is 1. The standard InChI is InChI=1S/C10H12ClNO3/c1-7-5-4-6-8(11)9(7)12(15-3)10(13)14-2/h4-6H,1-3H3. The lowest BCUT2D eigenvalue weighted by molar-refractivity contribution is 0.115. The van der Waals surface area contributed by atoms with Crippen molar-refractivity contribution in [1.29, 1.82) is 0 Å². The minimum Gasteiger partial charge on any atom is -0.451 e. The van der Waals surface area contributed by atoms with Crippen molar-refractivity contribution < 1.29 is 14.4 Å². The molecular weight excluding hydrogens is 218 g/mol. The number of amides is 1. The van der Waals surface area contributed by atoms with E-state index in [0.717, 1.165) is 10.6 Å². The first kappa shape index (κ1) is 11.8. The van der Waals surface area contributed by atoms with E-state index >= 15 is 0 Å². The summed E-state index contributed by atoms with van der Waals surface area (Å²) in [5.41, 5.74) is 1.32. The van der Waals surface area contributed by atoms with Gasteiger partial charge in [0.1, 0.15) is 0 Å². The van der Waals surface area contributed by atoms with Crippen LogP contribution in [0.2, 0.25) is 5.02 Å². The Morgan fingerprint density at radius 1 is 1.40 bits per heavy atom. The van der Waals surface area contributed by atoms with Gasteiger partial charge < -0.3 is 4.74 Å². The second-order valence-corrected chi connectivity index (χ2v) is 3.26. The number of nitrogens with zero attached hydrogens (tertiary/aromatic N) is 1. The van der Waals surface area contributed by atoms with Gasteiger partial charge >= 0.3 is 6.09 Å². The predicted octanol–water partition coefficient (Wildman–Crippen LogP) is 2.78. The molecule has 0 radical (unpaired) electrons. The van der Waals surface area contributed by atoms with Crippen LogP contribution in [0.4, 0.5) is 10.5 Å². The van der Waals surface area contributed by atoms with Gasteiger partial charge in [-0.3, -0.25) is 4.84 Å². The first-order valence-electron chi connectivity index (χ1n) is 4.29. The monoisotopic (exact) mass is 229 g/mol. The van der Waals surface area contributed by atoms with Crippen molar-refractivity contribution in [3.05, 3.63) is 28.8 Å². The van der Waals surface area contributed by atoms with E-state index in [0.29, 0.717) is 10.7 Å². The number of hydroxylamine groups is 1. The highest BCUT2D eigenvalue weighted by Crippen LogP contribution is 2.29. The van der Waals surface area contributed by atoms with E-state index < -0.39 is 6.09 Å². The van der Waals surface area contributed by atoms with Crippen LogP contribution in [-0.4, -0.2) is 20.3 Å². The fourth-order valence-corrected chi connectivity index (χ4v) is 1.52. The zero-order valence-corrected chi connectivity index (χ0v) is 9.54. The van der Waals surface area contributed by atoms with E-state index in [1.54, 1.807) is 12.1 Å². The molecule has 0 aliphatic rings. The van der Waals surface area contributed by atoms with Crippen LogP contribution in [0.1, 0.15) is 5.56 Å². The maximum absolute atomic E-state index is 11.4. The summed E-state index contributed by atoms with van der Waals surface area (Å²) < 4.78 is 4.57. The maximum Gasteiger partial charge on any atom is 0.438 e. The average molecular weight is 230 g/mol. The number of methoxy groups -OCH3 is 1. The smallest absolute Gasteiger partial charge is 0.438 e. The molecule has 1 rings (SSSR count). The summed E-state index contributed by atoms with van der Waals surface area (Å²) in [6, 6.07) is 5.31. The molecule has 4 nitrogen and oxygen atoms in total. The van der Waals surface area contributed by atoms with Crippen LogP contribution >= 0.6 is 11.6 Å². The quantitative estimate of drug-likeness (QED) is 0.732. The predicted molar refractivity (Wildman–Crippen MR) is 58.1 cm³/mol. The lowest BCUT2D eigenvalue weighted by Gasteiger charge is -2.20. The fraction of sp³-hybridized carbons (Fsp3) is 0.300. The summed E-state index contributed by atoms with van der Waals surface area (Å²) in [6.45, 7) is 1.83. The SMILES string of the molecule is COC(=O)N(OC)c1c(C)cccc1Cl. The highest BCUT2D eigenvalue weighted by Gasteiger charge is 2.20. The van der Waals surface area contributed by atoms with Gasteiger partial charge in [0.05, 0.1) is 24.9 Å². The van der Waals surface area contributed by atoms with Crippen LogP contribution in [0, 0.1) is 6.92 Å². The molecule has 82 valence electrons. The number of carbonyl (C=O) groups excluding carboxylic acids is 1. The molecule has 0 N–H and O–H groups in total. The Hall–Kier alpha value is -1.26. The fourth-order valence-electron chi connectivity index (χ4n) is 1.22. The van der Waals surface area contributed by atoms with Gasteiger partial charge in [0.15, 0.2) is 0 Å². The molecule has 0 spiro atoms. The Bertz CT molecular complexity index is 347. The zero-order valence-electron chi connectivity index (χ0n) is 8.78. The summed E-state index contributed by atoms with van der Waals surface area (Å²) >= 11 is 5.97.